The smallest absolute Gasteiger partial charge is 0.139 e. The first-order valence-corrected chi connectivity index (χ1v) is 5.36. The Hall–Kier alpha value is -0.0600. The molecule has 0 aliphatic heterocycles. The molecule has 0 amide bonds. The van der Waals surface area contributed by atoms with Gasteiger partial charge in [0, 0.05) is 0 Å². The summed E-state index contributed by atoms with van der Waals surface area (Å²) in [6.07, 6.45) is 2.15. The maximum atomic E-state index is 10.5. The van der Waals surface area contributed by atoms with E-state index in [0.717, 1.165) is 12.0 Å². The Morgan fingerprint density at radius 2 is 2.25 bits per heavy atom. The molecule has 0 fully saturated rings. The molecule has 0 rings (SSSR count). The number of carbonyl (C=O) groups is 1. The molecule has 0 bridgehead atoms. The molecule has 0 aliphatic rings. The van der Waals surface area contributed by atoms with Crippen LogP contribution in [0.25, 0.3) is 0 Å². The Balaban J connectivity index is 3.95. The molecule has 4 heteroatoms. The van der Waals surface area contributed by atoms with Gasteiger partial charge in [0.1, 0.15) is 6.29 Å². The van der Waals surface area contributed by atoms with Gasteiger partial charge >= 0.3 is 0 Å². The Morgan fingerprint density at radius 3 is 2.58 bits per heavy atom. The maximum Gasteiger partial charge on any atom is 0.139 e. The first-order chi connectivity index (χ1) is 5.67. The third-order valence-electron chi connectivity index (χ3n) is 1.86. The molecule has 72 valence electrons. The summed E-state index contributed by atoms with van der Waals surface area (Å²) in [6, 6.07) is -0.438. The second kappa shape index (κ2) is 6.46. The molecule has 1 unspecified atom stereocenters. The zero-order valence-corrected chi connectivity index (χ0v) is 8.60. The third-order valence-corrected chi connectivity index (χ3v) is 2.72. The van der Waals surface area contributed by atoms with Crippen LogP contribution in [0.3, 0.4) is 0 Å². The normalized spacial score (nSPS) is 18.3. The van der Waals surface area contributed by atoms with Crippen molar-refractivity contribution >= 4 is 18.0 Å². The van der Waals surface area contributed by atoms with E-state index in [9.17, 15) is 9.90 Å². The SMILES string of the molecule is CN[C@H](C=O)C(O)[C@H](C)CSC. The average Bonchev–Trinajstić information content (AvgIpc) is 2.07. The van der Waals surface area contributed by atoms with Crippen LogP contribution in [0.4, 0.5) is 0 Å². The van der Waals surface area contributed by atoms with Crippen molar-refractivity contribution in [1.29, 1.82) is 0 Å². The van der Waals surface area contributed by atoms with Gasteiger partial charge < -0.3 is 15.2 Å². The van der Waals surface area contributed by atoms with Crippen molar-refractivity contribution in [1.82, 2.24) is 5.32 Å². The van der Waals surface area contributed by atoms with Gasteiger partial charge in [-0.25, -0.2) is 0 Å². The molecule has 2 N–H and O–H groups in total. The van der Waals surface area contributed by atoms with Gasteiger partial charge in [-0.05, 0) is 25.0 Å². The summed E-state index contributed by atoms with van der Waals surface area (Å²) in [4.78, 5) is 10.5. The van der Waals surface area contributed by atoms with Gasteiger partial charge in [0.25, 0.3) is 0 Å². The van der Waals surface area contributed by atoms with E-state index in [-0.39, 0.29) is 5.92 Å². The molecule has 12 heavy (non-hydrogen) atoms. The first-order valence-electron chi connectivity index (χ1n) is 3.97. The van der Waals surface area contributed by atoms with E-state index >= 15 is 0 Å². The lowest BCUT2D eigenvalue weighted by Gasteiger charge is -2.22. The fourth-order valence-electron chi connectivity index (χ4n) is 1.03. The van der Waals surface area contributed by atoms with E-state index < -0.39 is 12.1 Å². The number of hydrogen-bond donors (Lipinski definition) is 2. The van der Waals surface area contributed by atoms with Crippen LogP contribution in [0.5, 0.6) is 0 Å². The third kappa shape index (κ3) is 3.56. The molecule has 0 radical (unpaired) electrons. The van der Waals surface area contributed by atoms with E-state index in [2.05, 4.69) is 5.32 Å². The van der Waals surface area contributed by atoms with Crippen LogP contribution in [-0.4, -0.2) is 42.6 Å². The number of likely N-dealkylation sites (N-methyl/N-ethyl adjacent to an activating group) is 1. The molecule has 0 aliphatic carbocycles. The summed E-state index contributed by atoms with van der Waals surface area (Å²) in [5.74, 6) is 1.01. The lowest BCUT2D eigenvalue weighted by molar-refractivity contribution is -0.112. The van der Waals surface area contributed by atoms with Gasteiger partial charge in [-0.2, -0.15) is 11.8 Å². The van der Waals surface area contributed by atoms with Crippen molar-refractivity contribution in [2.24, 2.45) is 5.92 Å². The molecule has 0 aromatic heterocycles. The van der Waals surface area contributed by atoms with E-state index in [1.807, 2.05) is 13.2 Å². The first kappa shape index (κ1) is 11.9. The lowest BCUT2D eigenvalue weighted by Crippen LogP contribution is -2.43. The van der Waals surface area contributed by atoms with Gasteiger partial charge in [-0.1, -0.05) is 6.92 Å². The van der Waals surface area contributed by atoms with Crippen LogP contribution in [0, 0.1) is 5.92 Å². The van der Waals surface area contributed by atoms with Crippen LogP contribution < -0.4 is 5.32 Å². The minimum Gasteiger partial charge on any atom is -0.391 e. The summed E-state index contributed by atoms with van der Waals surface area (Å²) in [7, 11) is 1.67. The van der Waals surface area contributed by atoms with Crippen molar-refractivity contribution in [3.05, 3.63) is 0 Å². The zero-order valence-electron chi connectivity index (χ0n) is 7.78. The number of nitrogens with one attached hydrogen (secondary N) is 1. The highest BCUT2D eigenvalue weighted by Gasteiger charge is 2.22. The molecule has 3 atom stereocenters. The van der Waals surface area contributed by atoms with E-state index in [1.54, 1.807) is 18.8 Å². The van der Waals surface area contributed by atoms with Crippen molar-refractivity contribution in [3.8, 4) is 0 Å². The van der Waals surface area contributed by atoms with Crippen molar-refractivity contribution in [2.45, 2.75) is 19.1 Å². The molecule has 3 nitrogen and oxygen atoms in total. The van der Waals surface area contributed by atoms with E-state index in [4.69, 9.17) is 0 Å². The molecular formula is C8H17NO2S. The highest BCUT2D eigenvalue weighted by molar-refractivity contribution is 7.98. The number of carbonyl (C=O) groups excluding carboxylic acids is 1. The van der Waals surface area contributed by atoms with Crippen molar-refractivity contribution in [3.63, 3.8) is 0 Å². The number of aldehydes is 1. The largest absolute Gasteiger partial charge is 0.391 e. The lowest BCUT2D eigenvalue weighted by atomic mass is 10.0. The topological polar surface area (TPSA) is 49.3 Å². The number of hydrogen-bond acceptors (Lipinski definition) is 4. The zero-order chi connectivity index (χ0) is 9.56. The quantitative estimate of drug-likeness (QED) is 0.586. The van der Waals surface area contributed by atoms with Crippen molar-refractivity contribution < 1.29 is 9.90 Å². The minimum absolute atomic E-state index is 0.141. The maximum absolute atomic E-state index is 10.5. The van der Waals surface area contributed by atoms with Crippen LogP contribution in [0.15, 0.2) is 0 Å². The Morgan fingerprint density at radius 1 is 1.67 bits per heavy atom. The van der Waals surface area contributed by atoms with Gasteiger partial charge in [-0.15, -0.1) is 0 Å². The Labute approximate surface area is 77.9 Å². The van der Waals surface area contributed by atoms with Gasteiger partial charge in [0.2, 0.25) is 0 Å². The van der Waals surface area contributed by atoms with Crippen LogP contribution in [0.2, 0.25) is 0 Å². The average molecular weight is 191 g/mol. The predicted molar refractivity (Wildman–Crippen MR) is 52.5 cm³/mol. The van der Waals surface area contributed by atoms with Crippen LogP contribution in [-0.2, 0) is 4.79 Å². The van der Waals surface area contributed by atoms with Gasteiger partial charge in [-0.3, -0.25) is 0 Å². The summed E-state index contributed by atoms with van der Waals surface area (Å²) >= 11 is 1.67. The second-order valence-electron chi connectivity index (χ2n) is 2.87. The predicted octanol–water partition coefficient (Wildman–Crippen LogP) is 0.133. The Kier molecular flexibility index (Phi) is 6.42. The van der Waals surface area contributed by atoms with Crippen LogP contribution in [0.1, 0.15) is 6.92 Å². The highest BCUT2D eigenvalue weighted by Crippen LogP contribution is 2.11. The standard InChI is InChI=1S/C8H17NO2S/c1-6(5-12-3)8(11)7(4-10)9-2/h4,6-9,11H,5H2,1-3H3/t6-,7-,8?/m1/s1. The fourth-order valence-corrected chi connectivity index (χ4v) is 1.76. The number of rotatable bonds is 6. The van der Waals surface area contributed by atoms with E-state index in [0.29, 0.717) is 0 Å². The highest BCUT2D eigenvalue weighted by atomic mass is 32.2. The molecule has 0 heterocycles. The molecule has 0 saturated carbocycles. The number of thioether (sulfide) groups is 1. The molecule has 0 saturated heterocycles. The number of aliphatic hydroxyl groups excluding tert-OH is 1. The number of aliphatic hydroxyl groups is 1. The van der Waals surface area contributed by atoms with Gasteiger partial charge in [0.05, 0.1) is 12.1 Å². The molecule has 0 aromatic carbocycles. The summed E-state index contributed by atoms with van der Waals surface area (Å²) < 4.78 is 0. The second-order valence-corrected chi connectivity index (χ2v) is 3.78. The van der Waals surface area contributed by atoms with Crippen LogP contribution >= 0.6 is 11.8 Å². The van der Waals surface area contributed by atoms with E-state index in [1.165, 1.54) is 0 Å². The monoisotopic (exact) mass is 191 g/mol. The molecular weight excluding hydrogens is 174 g/mol. The summed E-state index contributed by atoms with van der Waals surface area (Å²) in [5.41, 5.74) is 0. The fraction of sp³-hybridized carbons (Fsp3) is 0.875. The minimum atomic E-state index is -0.583. The molecule has 0 spiro atoms. The summed E-state index contributed by atoms with van der Waals surface area (Å²) in [5, 5.41) is 12.4. The van der Waals surface area contributed by atoms with Crippen molar-refractivity contribution in [2.75, 3.05) is 19.1 Å². The molecule has 0 aromatic rings. The summed E-state index contributed by atoms with van der Waals surface area (Å²) in [6.45, 7) is 1.94. The Bertz CT molecular complexity index is 132. The van der Waals surface area contributed by atoms with Gasteiger partial charge in [0.15, 0.2) is 0 Å².